The standard InChI is InChI=1S/C5H5NO.K.H/c7-5-2-1-3-6-4-5;;/h1-4,7H;;. The predicted octanol–water partition coefficient (Wildman–Crippen LogP) is 0.139. The average molecular weight is 135 g/mol. The number of aromatic nitrogens is 1. The number of aromatic hydroxyl groups is 1. The summed E-state index contributed by atoms with van der Waals surface area (Å²) in [6, 6.07) is 3.25. The van der Waals surface area contributed by atoms with Crippen molar-refractivity contribution in [2.24, 2.45) is 0 Å². The SMILES string of the molecule is Oc1cccnc1.[KH]. The van der Waals surface area contributed by atoms with E-state index < -0.39 is 0 Å². The second-order valence-electron chi connectivity index (χ2n) is 1.21. The van der Waals surface area contributed by atoms with Gasteiger partial charge in [0.05, 0.1) is 6.20 Å². The predicted molar refractivity (Wildman–Crippen MR) is 33.1 cm³/mol. The van der Waals surface area contributed by atoms with Gasteiger partial charge in [0, 0.05) is 6.20 Å². The molecule has 1 heterocycles. The van der Waals surface area contributed by atoms with Gasteiger partial charge in [0.1, 0.15) is 5.75 Å². The second-order valence-corrected chi connectivity index (χ2v) is 1.21. The van der Waals surface area contributed by atoms with E-state index in [4.69, 9.17) is 5.11 Å². The van der Waals surface area contributed by atoms with Crippen molar-refractivity contribution in [1.29, 1.82) is 0 Å². The maximum atomic E-state index is 8.57. The molecule has 0 spiro atoms. The molecule has 0 aliphatic heterocycles. The van der Waals surface area contributed by atoms with Crippen LogP contribution in [-0.2, 0) is 0 Å². The van der Waals surface area contributed by atoms with Crippen molar-refractivity contribution in [1.82, 2.24) is 4.98 Å². The third-order valence-electron chi connectivity index (χ3n) is 0.646. The first-order valence-electron chi connectivity index (χ1n) is 1.98. The molecular weight excluding hydrogens is 129 g/mol. The number of pyridine rings is 1. The van der Waals surface area contributed by atoms with Gasteiger partial charge < -0.3 is 5.11 Å². The Bertz CT molecular complexity index is 142. The van der Waals surface area contributed by atoms with E-state index in [1.54, 1.807) is 18.3 Å². The molecule has 2 nitrogen and oxygen atoms in total. The first-order chi connectivity index (χ1) is 3.39. The molecule has 0 unspecified atom stereocenters. The molecule has 0 aliphatic carbocycles. The van der Waals surface area contributed by atoms with E-state index in [2.05, 4.69) is 4.98 Å². The summed E-state index contributed by atoms with van der Waals surface area (Å²) in [5.74, 6) is 0.211. The van der Waals surface area contributed by atoms with Gasteiger partial charge in [-0.3, -0.25) is 4.98 Å². The summed E-state index contributed by atoms with van der Waals surface area (Å²) in [4.78, 5) is 3.63. The molecule has 0 saturated carbocycles. The van der Waals surface area contributed by atoms with Crippen LogP contribution in [0.5, 0.6) is 5.75 Å². The topological polar surface area (TPSA) is 33.1 Å². The van der Waals surface area contributed by atoms with Gasteiger partial charge in [-0.1, -0.05) is 0 Å². The molecule has 38 valence electrons. The second kappa shape index (κ2) is 4.46. The Morgan fingerprint density at radius 2 is 2.25 bits per heavy atom. The van der Waals surface area contributed by atoms with Crippen molar-refractivity contribution in [2.75, 3.05) is 0 Å². The number of rotatable bonds is 0. The molecule has 0 saturated heterocycles. The van der Waals surface area contributed by atoms with Crippen LogP contribution >= 0.6 is 0 Å². The van der Waals surface area contributed by atoms with Gasteiger partial charge in [-0.05, 0) is 12.1 Å². The normalized spacial score (nSPS) is 7.50. The summed E-state index contributed by atoms with van der Waals surface area (Å²) >= 11 is 0. The quantitative estimate of drug-likeness (QED) is 0.513. The molecule has 1 aromatic heterocycles. The van der Waals surface area contributed by atoms with Crippen molar-refractivity contribution in [3.63, 3.8) is 0 Å². The van der Waals surface area contributed by atoms with E-state index in [-0.39, 0.29) is 57.1 Å². The molecule has 0 aliphatic rings. The van der Waals surface area contributed by atoms with Gasteiger partial charge in [0.15, 0.2) is 0 Å². The summed E-state index contributed by atoms with van der Waals surface area (Å²) in [6.45, 7) is 0. The molecular formula is C5H6KNO. The van der Waals surface area contributed by atoms with Gasteiger partial charge >= 0.3 is 51.4 Å². The Morgan fingerprint density at radius 3 is 2.50 bits per heavy atom. The fraction of sp³-hybridized carbons (Fsp3) is 0. The molecule has 8 heavy (non-hydrogen) atoms. The molecule has 1 aromatic rings. The van der Waals surface area contributed by atoms with E-state index in [0.717, 1.165) is 0 Å². The summed E-state index contributed by atoms with van der Waals surface area (Å²) in [5.41, 5.74) is 0. The molecule has 0 radical (unpaired) electrons. The third-order valence-corrected chi connectivity index (χ3v) is 0.646. The number of hydrogen-bond donors (Lipinski definition) is 1. The zero-order valence-electron chi connectivity index (χ0n) is 3.70. The minimum absolute atomic E-state index is 0. The van der Waals surface area contributed by atoms with Gasteiger partial charge in [-0.15, -0.1) is 0 Å². The fourth-order valence-electron chi connectivity index (χ4n) is 0.354. The summed E-state index contributed by atoms with van der Waals surface area (Å²) in [6.07, 6.45) is 3.00. The number of nitrogens with zero attached hydrogens (tertiary/aromatic N) is 1. The molecule has 0 amide bonds. The van der Waals surface area contributed by atoms with Crippen LogP contribution in [0.15, 0.2) is 24.5 Å². The average Bonchev–Trinajstić information content (AvgIpc) is 1.69. The van der Waals surface area contributed by atoms with Crippen LogP contribution in [0.2, 0.25) is 0 Å². The zero-order chi connectivity index (χ0) is 5.11. The van der Waals surface area contributed by atoms with Crippen molar-refractivity contribution < 1.29 is 5.11 Å². The Labute approximate surface area is 90.4 Å². The molecule has 3 heteroatoms. The van der Waals surface area contributed by atoms with Crippen LogP contribution in [0.1, 0.15) is 0 Å². The molecule has 1 rings (SSSR count). The van der Waals surface area contributed by atoms with Gasteiger partial charge in [0.25, 0.3) is 0 Å². The summed E-state index contributed by atoms with van der Waals surface area (Å²) in [5, 5.41) is 8.57. The molecule has 0 aromatic carbocycles. The van der Waals surface area contributed by atoms with E-state index in [1.165, 1.54) is 6.20 Å². The maximum absolute atomic E-state index is 8.57. The third kappa shape index (κ3) is 2.79. The van der Waals surface area contributed by atoms with Gasteiger partial charge in [0.2, 0.25) is 0 Å². The Kier molecular flexibility index (Phi) is 4.79. The van der Waals surface area contributed by atoms with Crippen LogP contribution in [0, 0.1) is 0 Å². The van der Waals surface area contributed by atoms with Gasteiger partial charge in [-0.25, -0.2) is 0 Å². The Balaban J connectivity index is 0.000000490. The first-order valence-corrected chi connectivity index (χ1v) is 1.98. The van der Waals surface area contributed by atoms with Crippen LogP contribution in [0.3, 0.4) is 0 Å². The molecule has 0 bridgehead atoms. The zero-order valence-corrected chi connectivity index (χ0v) is 3.70. The van der Waals surface area contributed by atoms with E-state index in [0.29, 0.717) is 0 Å². The van der Waals surface area contributed by atoms with Gasteiger partial charge in [-0.2, -0.15) is 0 Å². The number of hydrogen-bond acceptors (Lipinski definition) is 2. The van der Waals surface area contributed by atoms with E-state index in [9.17, 15) is 0 Å². The van der Waals surface area contributed by atoms with Crippen molar-refractivity contribution in [2.45, 2.75) is 0 Å². The van der Waals surface area contributed by atoms with Crippen molar-refractivity contribution in [3.05, 3.63) is 24.5 Å². The fourth-order valence-corrected chi connectivity index (χ4v) is 0.354. The van der Waals surface area contributed by atoms with E-state index in [1.807, 2.05) is 0 Å². The van der Waals surface area contributed by atoms with E-state index >= 15 is 0 Å². The molecule has 1 N–H and O–H groups in total. The van der Waals surface area contributed by atoms with Crippen LogP contribution in [0.4, 0.5) is 0 Å². The van der Waals surface area contributed by atoms with Crippen LogP contribution < -0.4 is 0 Å². The Hall–Kier alpha value is 0.586. The van der Waals surface area contributed by atoms with Crippen molar-refractivity contribution >= 4 is 51.4 Å². The van der Waals surface area contributed by atoms with Crippen molar-refractivity contribution in [3.8, 4) is 5.75 Å². The summed E-state index contributed by atoms with van der Waals surface area (Å²) in [7, 11) is 0. The minimum atomic E-state index is 0. The first kappa shape index (κ1) is 8.59. The Morgan fingerprint density at radius 1 is 1.50 bits per heavy atom. The van der Waals surface area contributed by atoms with Crippen LogP contribution in [0.25, 0.3) is 0 Å². The monoisotopic (exact) mass is 135 g/mol. The molecule has 0 atom stereocenters. The molecule has 0 fully saturated rings. The van der Waals surface area contributed by atoms with Crippen LogP contribution in [-0.4, -0.2) is 61.5 Å². The summed E-state index contributed by atoms with van der Waals surface area (Å²) < 4.78 is 0.